The summed E-state index contributed by atoms with van der Waals surface area (Å²) in [6, 6.07) is 0. The number of nitrogens with one attached hydrogen (secondary N) is 1. The molecule has 0 fully saturated rings. The first-order chi connectivity index (χ1) is 9.45. The van der Waals surface area contributed by atoms with Gasteiger partial charge in [0.15, 0.2) is 0 Å². The highest BCUT2D eigenvalue weighted by atomic mass is 14.8. The van der Waals surface area contributed by atoms with Gasteiger partial charge in [0.2, 0.25) is 0 Å². The summed E-state index contributed by atoms with van der Waals surface area (Å²) in [6.45, 7) is 14.1. The van der Waals surface area contributed by atoms with E-state index in [1.165, 1.54) is 77.3 Å². The van der Waals surface area contributed by atoms with Gasteiger partial charge in [-0.15, -0.1) is 0 Å². The lowest BCUT2D eigenvalue weighted by atomic mass is 9.84. The van der Waals surface area contributed by atoms with E-state index in [9.17, 15) is 0 Å². The fourth-order valence-corrected chi connectivity index (χ4v) is 3.00. The molecule has 0 saturated heterocycles. The fraction of sp³-hybridized carbons (Fsp3) is 1.00. The van der Waals surface area contributed by atoms with Crippen LogP contribution in [0.2, 0.25) is 0 Å². The minimum Gasteiger partial charge on any atom is -0.317 e. The molecule has 20 heavy (non-hydrogen) atoms. The molecule has 0 aromatic heterocycles. The quantitative estimate of drug-likeness (QED) is 0.398. The average Bonchev–Trinajstić information content (AvgIpc) is 2.34. The van der Waals surface area contributed by atoms with Crippen molar-refractivity contribution in [2.45, 2.75) is 98.8 Å². The van der Waals surface area contributed by atoms with Gasteiger partial charge in [0.05, 0.1) is 0 Å². The summed E-state index contributed by atoms with van der Waals surface area (Å²) in [5.74, 6) is 0.848. The van der Waals surface area contributed by atoms with E-state index in [4.69, 9.17) is 0 Å². The molecule has 1 heteroatoms. The van der Waals surface area contributed by atoms with Crippen LogP contribution in [0.15, 0.2) is 0 Å². The van der Waals surface area contributed by atoms with Crippen LogP contribution in [0.1, 0.15) is 98.8 Å². The van der Waals surface area contributed by atoms with Gasteiger partial charge in [-0.2, -0.15) is 0 Å². The Balaban J connectivity index is 3.17. The molecule has 0 aliphatic rings. The number of hydrogen-bond donors (Lipinski definition) is 1. The standard InChI is InChI=1S/C19H41N/c1-6-7-8-9-10-11-12-13-15-20-16-14-18(2)17-19(3,4)5/h18,20H,6-17H2,1-5H3. The SMILES string of the molecule is CCCCCCCCCCNCCC(C)CC(C)(C)C. The first kappa shape index (κ1) is 20.0. The molecule has 0 aromatic carbocycles. The maximum Gasteiger partial charge on any atom is -0.00464 e. The summed E-state index contributed by atoms with van der Waals surface area (Å²) in [6.07, 6.45) is 14.0. The molecule has 0 amide bonds. The van der Waals surface area contributed by atoms with Crippen molar-refractivity contribution in [3.63, 3.8) is 0 Å². The van der Waals surface area contributed by atoms with Crippen molar-refractivity contribution in [3.8, 4) is 0 Å². The molecule has 1 unspecified atom stereocenters. The summed E-state index contributed by atoms with van der Waals surface area (Å²) in [7, 11) is 0. The first-order valence-electron chi connectivity index (χ1n) is 9.16. The van der Waals surface area contributed by atoms with Gasteiger partial charge in [0.1, 0.15) is 0 Å². The Bertz CT molecular complexity index is 192. The predicted molar refractivity (Wildman–Crippen MR) is 93.3 cm³/mol. The molecule has 0 rings (SSSR count). The maximum absolute atomic E-state index is 3.61. The molecule has 1 N–H and O–H groups in total. The zero-order valence-electron chi connectivity index (χ0n) is 15.1. The van der Waals surface area contributed by atoms with Gasteiger partial charge >= 0.3 is 0 Å². The van der Waals surface area contributed by atoms with Gasteiger partial charge < -0.3 is 5.32 Å². The van der Waals surface area contributed by atoms with Crippen LogP contribution in [-0.4, -0.2) is 13.1 Å². The topological polar surface area (TPSA) is 12.0 Å². The van der Waals surface area contributed by atoms with Crippen LogP contribution < -0.4 is 5.32 Å². The highest BCUT2D eigenvalue weighted by molar-refractivity contribution is 4.67. The van der Waals surface area contributed by atoms with Gasteiger partial charge in [-0.3, -0.25) is 0 Å². The normalized spacial score (nSPS) is 13.7. The molecular formula is C19H41N. The summed E-state index contributed by atoms with van der Waals surface area (Å²) in [5, 5.41) is 3.61. The van der Waals surface area contributed by atoms with Gasteiger partial charge in [-0.1, -0.05) is 79.6 Å². The van der Waals surface area contributed by atoms with E-state index in [1.807, 2.05) is 0 Å². The second-order valence-electron chi connectivity index (χ2n) is 7.88. The molecule has 0 aromatic rings. The summed E-state index contributed by atoms with van der Waals surface area (Å²) in [5.41, 5.74) is 0.483. The molecular weight excluding hydrogens is 242 g/mol. The predicted octanol–water partition coefficient (Wildman–Crippen LogP) is 6.18. The summed E-state index contributed by atoms with van der Waals surface area (Å²) < 4.78 is 0. The maximum atomic E-state index is 3.61. The van der Waals surface area contributed by atoms with E-state index >= 15 is 0 Å². The molecule has 122 valence electrons. The second kappa shape index (κ2) is 12.7. The summed E-state index contributed by atoms with van der Waals surface area (Å²) >= 11 is 0. The number of unbranched alkanes of at least 4 members (excludes halogenated alkanes) is 7. The third-order valence-electron chi connectivity index (χ3n) is 3.98. The largest absolute Gasteiger partial charge is 0.317 e. The second-order valence-corrected chi connectivity index (χ2v) is 7.88. The van der Waals surface area contributed by atoms with E-state index in [0.29, 0.717) is 5.41 Å². The number of hydrogen-bond acceptors (Lipinski definition) is 1. The van der Waals surface area contributed by atoms with Crippen molar-refractivity contribution in [2.24, 2.45) is 11.3 Å². The monoisotopic (exact) mass is 283 g/mol. The molecule has 0 heterocycles. The van der Waals surface area contributed by atoms with E-state index in [1.54, 1.807) is 0 Å². The van der Waals surface area contributed by atoms with Gasteiger partial charge in [0, 0.05) is 0 Å². The van der Waals surface area contributed by atoms with Crippen molar-refractivity contribution in [1.29, 1.82) is 0 Å². The number of rotatable bonds is 13. The summed E-state index contributed by atoms with van der Waals surface area (Å²) in [4.78, 5) is 0. The lowest BCUT2D eigenvalue weighted by Gasteiger charge is -2.23. The molecule has 0 saturated carbocycles. The highest BCUT2D eigenvalue weighted by Gasteiger charge is 2.14. The van der Waals surface area contributed by atoms with E-state index in [2.05, 4.69) is 39.9 Å². The lowest BCUT2D eigenvalue weighted by molar-refractivity contribution is 0.294. The molecule has 0 aliphatic carbocycles. The van der Waals surface area contributed by atoms with Crippen LogP contribution in [0.25, 0.3) is 0 Å². The minimum atomic E-state index is 0.483. The van der Waals surface area contributed by atoms with Crippen LogP contribution in [0.4, 0.5) is 0 Å². The third kappa shape index (κ3) is 16.0. The van der Waals surface area contributed by atoms with Crippen molar-refractivity contribution >= 4 is 0 Å². The molecule has 1 nitrogen and oxygen atoms in total. The van der Waals surface area contributed by atoms with Crippen molar-refractivity contribution in [2.75, 3.05) is 13.1 Å². The Morgan fingerprint density at radius 3 is 1.90 bits per heavy atom. The van der Waals surface area contributed by atoms with Crippen molar-refractivity contribution in [3.05, 3.63) is 0 Å². The Hall–Kier alpha value is -0.0400. The van der Waals surface area contributed by atoms with Gasteiger partial charge in [-0.05, 0) is 43.7 Å². The van der Waals surface area contributed by atoms with Crippen LogP contribution in [-0.2, 0) is 0 Å². The lowest BCUT2D eigenvalue weighted by Crippen LogP contribution is -2.20. The first-order valence-corrected chi connectivity index (χ1v) is 9.16. The van der Waals surface area contributed by atoms with E-state index < -0.39 is 0 Å². The smallest absolute Gasteiger partial charge is 0.00464 e. The van der Waals surface area contributed by atoms with Crippen molar-refractivity contribution < 1.29 is 0 Å². The van der Waals surface area contributed by atoms with E-state index in [0.717, 1.165) is 5.92 Å². The Morgan fingerprint density at radius 2 is 1.35 bits per heavy atom. The third-order valence-corrected chi connectivity index (χ3v) is 3.98. The molecule has 0 spiro atoms. The van der Waals surface area contributed by atoms with Crippen LogP contribution >= 0.6 is 0 Å². The average molecular weight is 284 g/mol. The Labute approximate surface area is 129 Å². The fourth-order valence-electron chi connectivity index (χ4n) is 3.00. The highest BCUT2D eigenvalue weighted by Crippen LogP contribution is 2.25. The van der Waals surface area contributed by atoms with Crippen LogP contribution in [0.3, 0.4) is 0 Å². The molecule has 0 radical (unpaired) electrons. The van der Waals surface area contributed by atoms with Crippen molar-refractivity contribution in [1.82, 2.24) is 5.32 Å². The zero-order chi connectivity index (χ0) is 15.3. The van der Waals surface area contributed by atoms with Crippen LogP contribution in [0.5, 0.6) is 0 Å². The molecule has 0 bridgehead atoms. The zero-order valence-corrected chi connectivity index (χ0v) is 15.1. The van der Waals surface area contributed by atoms with E-state index in [-0.39, 0.29) is 0 Å². The van der Waals surface area contributed by atoms with Crippen LogP contribution in [0, 0.1) is 11.3 Å². The molecule has 1 atom stereocenters. The Kier molecular flexibility index (Phi) is 12.7. The van der Waals surface area contributed by atoms with Gasteiger partial charge in [-0.25, -0.2) is 0 Å². The van der Waals surface area contributed by atoms with Gasteiger partial charge in [0.25, 0.3) is 0 Å². The molecule has 0 aliphatic heterocycles. The Morgan fingerprint density at radius 1 is 0.800 bits per heavy atom. The minimum absolute atomic E-state index is 0.483.